The SMILES string of the molecule is CC(C)[C@@H](C)NC(=O)COC(=O)c1ccc(C(=O)c2ccccc2)cc1. The van der Waals surface area contributed by atoms with Crippen LogP contribution >= 0.6 is 0 Å². The molecule has 136 valence electrons. The second-order valence-corrected chi connectivity index (χ2v) is 6.45. The summed E-state index contributed by atoms with van der Waals surface area (Å²) in [5.41, 5.74) is 1.36. The van der Waals surface area contributed by atoms with Gasteiger partial charge >= 0.3 is 5.97 Å². The summed E-state index contributed by atoms with van der Waals surface area (Å²) in [5, 5.41) is 2.77. The van der Waals surface area contributed by atoms with E-state index in [-0.39, 0.29) is 24.3 Å². The lowest BCUT2D eigenvalue weighted by molar-refractivity contribution is -0.125. The minimum absolute atomic E-state index is 0.00415. The van der Waals surface area contributed by atoms with Gasteiger partial charge in [-0.2, -0.15) is 0 Å². The van der Waals surface area contributed by atoms with Gasteiger partial charge in [0.2, 0.25) is 0 Å². The third kappa shape index (κ3) is 5.28. The molecule has 2 aromatic rings. The van der Waals surface area contributed by atoms with Gasteiger partial charge in [-0.15, -0.1) is 0 Å². The molecular formula is C21H23NO4. The van der Waals surface area contributed by atoms with E-state index >= 15 is 0 Å². The van der Waals surface area contributed by atoms with Gasteiger partial charge in [0.15, 0.2) is 12.4 Å². The Bertz CT molecular complexity index is 766. The number of benzene rings is 2. The normalized spacial score (nSPS) is 11.7. The summed E-state index contributed by atoms with van der Waals surface area (Å²) in [6.07, 6.45) is 0. The summed E-state index contributed by atoms with van der Waals surface area (Å²) < 4.78 is 5.02. The van der Waals surface area contributed by atoms with E-state index in [0.29, 0.717) is 22.6 Å². The highest BCUT2D eigenvalue weighted by Crippen LogP contribution is 2.12. The number of ketones is 1. The Morgan fingerprint density at radius 1 is 0.846 bits per heavy atom. The summed E-state index contributed by atoms with van der Waals surface area (Å²) in [6, 6.07) is 15.1. The van der Waals surface area contributed by atoms with Crippen LogP contribution in [0.2, 0.25) is 0 Å². The molecule has 0 bridgehead atoms. The maximum atomic E-state index is 12.3. The summed E-state index contributed by atoms with van der Waals surface area (Å²) >= 11 is 0. The van der Waals surface area contributed by atoms with Gasteiger partial charge in [-0.3, -0.25) is 9.59 Å². The predicted octanol–water partition coefficient (Wildman–Crippen LogP) is 3.24. The lowest BCUT2D eigenvalue weighted by Gasteiger charge is -2.17. The minimum Gasteiger partial charge on any atom is -0.452 e. The van der Waals surface area contributed by atoms with E-state index in [2.05, 4.69) is 5.32 Å². The first-order valence-electron chi connectivity index (χ1n) is 8.54. The minimum atomic E-state index is -0.601. The average molecular weight is 353 g/mol. The van der Waals surface area contributed by atoms with Crippen molar-refractivity contribution in [2.24, 2.45) is 5.92 Å². The van der Waals surface area contributed by atoms with Gasteiger partial charge in [-0.05, 0) is 25.0 Å². The molecule has 0 aliphatic heterocycles. The van der Waals surface area contributed by atoms with Crippen LogP contribution in [0.15, 0.2) is 54.6 Å². The molecule has 2 aromatic carbocycles. The standard InChI is InChI=1S/C21H23NO4/c1-14(2)15(3)22-19(23)13-26-21(25)18-11-9-17(10-12-18)20(24)16-7-5-4-6-8-16/h4-12,14-15H,13H2,1-3H3,(H,22,23)/t15-/m1/s1. The fraction of sp³-hybridized carbons (Fsp3) is 0.286. The van der Waals surface area contributed by atoms with Crippen LogP contribution in [0, 0.1) is 5.92 Å². The van der Waals surface area contributed by atoms with Crippen LogP contribution in [-0.2, 0) is 9.53 Å². The highest BCUT2D eigenvalue weighted by atomic mass is 16.5. The van der Waals surface area contributed by atoms with Crippen LogP contribution < -0.4 is 5.32 Å². The van der Waals surface area contributed by atoms with E-state index in [0.717, 1.165) is 0 Å². The topological polar surface area (TPSA) is 72.5 Å². The Labute approximate surface area is 153 Å². The van der Waals surface area contributed by atoms with Crippen LogP contribution in [0.5, 0.6) is 0 Å². The molecule has 0 heterocycles. The van der Waals surface area contributed by atoms with Crippen molar-refractivity contribution in [3.8, 4) is 0 Å². The van der Waals surface area contributed by atoms with Gasteiger partial charge in [0.05, 0.1) is 5.56 Å². The molecule has 0 aromatic heterocycles. The second kappa shape index (κ2) is 8.94. The monoisotopic (exact) mass is 353 g/mol. The predicted molar refractivity (Wildman–Crippen MR) is 99.0 cm³/mol. The van der Waals surface area contributed by atoms with Crippen LogP contribution in [0.4, 0.5) is 0 Å². The van der Waals surface area contributed by atoms with Crippen molar-refractivity contribution in [2.75, 3.05) is 6.61 Å². The lowest BCUT2D eigenvalue weighted by atomic mass is 10.0. The molecule has 5 nitrogen and oxygen atoms in total. The molecule has 1 amide bonds. The van der Waals surface area contributed by atoms with Crippen molar-refractivity contribution in [3.63, 3.8) is 0 Å². The van der Waals surface area contributed by atoms with Crippen LogP contribution in [0.25, 0.3) is 0 Å². The number of ether oxygens (including phenoxy) is 1. The molecule has 1 atom stereocenters. The van der Waals surface area contributed by atoms with Crippen molar-refractivity contribution >= 4 is 17.7 Å². The zero-order valence-corrected chi connectivity index (χ0v) is 15.2. The van der Waals surface area contributed by atoms with Crippen molar-refractivity contribution in [1.29, 1.82) is 0 Å². The van der Waals surface area contributed by atoms with Gasteiger partial charge in [0, 0.05) is 17.2 Å². The molecule has 0 aliphatic carbocycles. The first-order chi connectivity index (χ1) is 12.4. The Hall–Kier alpha value is -2.95. The molecule has 0 spiro atoms. The molecule has 0 fully saturated rings. The zero-order chi connectivity index (χ0) is 19.1. The fourth-order valence-electron chi connectivity index (χ4n) is 2.19. The molecule has 0 saturated carbocycles. The molecular weight excluding hydrogens is 330 g/mol. The van der Waals surface area contributed by atoms with Gasteiger partial charge in [-0.1, -0.05) is 56.3 Å². The maximum Gasteiger partial charge on any atom is 0.338 e. The first-order valence-corrected chi connectivity index (χ1v) is 8.54. The van der Waals surface area contributed by atoms with Gasteiger partial charge in [-0.25, -0.2) is 4.79 Å². The summed E-state index contributed by atoms with van der Waals surface area (Å²) in [4.78, 5) is 36.1. The summed E-state index contributed by atoms with van der Waals surface area (Å²) in [5.74, 6) is -0.761. The largest absolute Gasteiger partial charge is 0.452 e. The molecule has 1 N–H and O–H groups in total. The fourth-order valence-corrected chi connectivity index (χ4v) is 2.19. The Morgan fingerprint density at radius 2 is 1.38 bits per heavy atom. The number of nitrogens with one attached hydrogen (secondary N) is 1. The molecule has 26 heavy (non-hydrogen) atoms. The maximum absolute atomic E-state index is 12.3. The first kappa shape index (κ1) is 19.4. The van der Waals surface area contributed by atoms with E-state index in [1.54, 1.807) is 36.4 Å². The van der Waals surface area contributed by atoms with E-state index in [9.17, 15) is 14.4 Å². The second-order valence-electron chi connectivity index (χ2n) is 6.45. The van der Waals surface area contributed by atoms with Crippen LogP contribution in [0.3, 0.4) is 0 Å². The third-order valence-corrected chi connectivity index (χ3v) is 4.14. The smallest absolute Gasteiger partial charge is 0.338 e. The summed E-state index contributed by atoms with van der Waals surface area (Å²) in [7, 11) is 0. The Kier molecular flexibility index (Phi) is 6.67. The van der Waals surface area contributed by atoms with Crippen molar-refractivity contribution in [2.45, 2.75) is 26.8 Å². The van der Waals surface area contributed by atoms with E-state index in [1.807, 2.05) is 26.8 Å². The van der Waals surface area contributed by atoms with Gasteiger partial charge < -0.3 is 10.1 Å². The van der Waals surface area contributed by atoms with E-state index in [1.165, 1.54) is 12.1 Å². The highest BCUT2D eigenvalue weighted by molar-refractivity contribution is 6.09. The Balaban J connectivity index is 1.92. The number of hydrogen-bond donors (Lipinski definition) is 1. The average Bonchev–Trinajstić information content (AvgIpc) is 2.66. The van der Waals surface area contributed by atoms with E-state index in [4.69, 9.17) is 4.74 Å². The van der Waals surface area contributed by atoms with Gasteiger partial charge in [0.25, 0.3) is 5.91 Å². The molecule has 0 aliphatic rings. The summed E-state index contributed by atoms with van der Waals surface area (Å²) in [6.45, 7) is 5.55. The van der Waals surface area contributed by atoms with E-state index < -0.39 is 5.97 Å². The number of hydrogen-bond acceptors (Lipinski definition) is 4. The molecule has 0 saturated heterocycles. The number of amides is 1. The quantitative estimate of drug-likeness (QED) is 0.613. The lowest BCUT2D eigenvalue weighted by Crippen LogP contribution is -2.38. The molecule has 5 heteroatoms. The van der Waals surface area contributed by atoms with Crippen molar-refractivity contribution < 1.29 is 19.1 Å². The molecule has 0 unspecified atom stereocenters. The third-order valence-electron chi connectivity index (χ3n) is 4.14. The van der Waals surface area contributed by atoms with Crippen molar-refractivity contribution in [1.82, 2.24) is 5.32 Å². The molecule has 2 rings (SSSR count). The number of carbonyl (C=O) groups is 3. The highest BCUT2D eigenvalue weighted by Gasteiger charge is 2.15. The number of esters is 1. The van der Waals surface area contributed by atoms with Gasteiger partial charge in [0.1, 0.15) is 0 Å². The van der Waals surface area contributed by atoms with Crippen LogP contribution in [-0.4, -0.2) is 30.3 Å². The zero-order valence-electron chi connectivity index (χ0n) is 15.2. The van der Waals surface area contributed by atoms with Crippen molar-refractivity contribution in [3.05, 3.63) is 71.3 Å². The van der Waals surface area contributed by atoms with Crippen LogP contribution in [0.1, 0.15) is 47.1 Å². The Morgan fingerprint density at radius 3 is 1.96 bits per heavy atom. The number of rotatable bonds is 7. The molecule has 0 radical (unpaired) electrons. The number of carbonyl (C=O) groups excluding carboxylic acids is 3.